The largest absolute Gasteiger partial charge is 0.356 e. The molecule has 160 valence electrons. The molecule has 0 bridgehead atoms. The summed E-state index contributed by atoms with van der Waals surface area (Å²) in [6.45, 7) is 3.97. The van der Waals surface area contributed by atoms with Gasteiger partial charge in [0.15, 0.2) is 0 Å². The summed E-state index contributed by atoms with van der Waals surface area (Å²) in [7, 11) is 4.30. The Labute approximate surface area is 185 Å². The van der Waals surface area contributed by atoms with Crippen molar-refractivity contribution in [2.45, 2.75) is 25.8 Å². The molecule has 1 aliphatic heterocycles. The number of fused-ring (bicyclic) bond motifs is 2. The molecule has 1 amide bonds. The van der Waals surface area contributed by atoms with Crippen LogP contribution in [0.4, 0.5) is 11.5 Å². The second-order valence-electron chi connectivity index (χ2n) is 8.38. The number of aryl methyl sites for hydroxylation is 1. The number of anilines is 2. The zero-order valence-electron chi connectivity index (χ0n) is 18.0. The average molecular weight is 435 g/mol. The number of thiophene rings is 1. The molecule has 0 spiro atoms. The number of rotatable bonds is 4. The summed E-state index contributed by atoms with van der Waals surface area (Å²) in [5.41, 5.74) is 2.55. The Hall–Kier alpha value is -2.97. The number of aromatic nitrogens is 3. The lowest BCUT2D eigenvalue weighted by Crippen LogP contribution is -2.42. The van der Waals surface area contributed by atoms with Crippen molar-refractivity contribution in [3.8, 4) is 0 Å². The van der Waals surface area contributed by atoms with Crippen molar-refractivity contribution in [2.75, 3.05) is 37.4 Å². The van der Waals surface area contributed by atoms with Gasteiger partial charge in [-0.15, -0.1) is 11.3 Å². The van der Waals surface area contributed by atoms with Gasteiger partial charge in [0.25, 0.3) is 5.91 Å². The van der Waals surface area contributed by atoms with E-state index in [9.17, 15) is 4.79 Å². The number of carbonyl (C=O) groups excluding carboxylic acids is 1. The number of nitrogens with zero attached hydrogens (tertiary/aromatic N) is 5. The minimum absolute atomic E-state index is 0.118. The zero-order chi connectivity index (χ0) is 21.5. The van der Waals surface area contributed by atoms with Crippen LogP contribution in [-0.2, 0) is 0 Å². The van der Waals surface area contributed by atoms with Gasteiger partial charge in [-0.25, -0.2) is 9.97 Å². The first kappa shape index (κ1) is 20.0. The van der Waals surface area contributed by atoms with Crippen molar-refractivity contribution in [1.29, 1.82) is 0 Å². The van der Waals surface area contributed by atoms with Crippen LogP contribution in [0.15, 0.2) is 42.7 Å². The average Bonchev–Trinajstić information content (AvgIpc) is 3.35. The van der Waals surface area contributed by atoms with Gasteiger partial charge >= 0.3 is 0 Å². The molecule has 31 heavy (non-hydrogen) atoms. The van der Waals surface area contributed by atoms with Gasteiger partial charge in [-0.1, -0.05) is 0 Å². The fourth-order valence-electron chi connectivity index (χ4n) is 4.19. The molecule has 1 fully saturated rings. The van der Waals surface area contributed by atoms with Crippen molar-refractivity contribution in [3.05, 3.63) is 53.3 Å². The maximum Gasteiger partial charge on any atom is 0.265 e. The van der Waals surface area contributed by atoms with Crippen molar-refractivity contribution in [2.24, 2.45) is 0 Å². The van der Waals surface area contributed by atoms with Gasteiger partial charge in [-0.2, -0.15) is 0 Å². The molecular formula is C23H26N6OS. The summed E-state index contributed by atoms with van der Waals surface area (Å²) in [5, 5.41) is 4.00. The van der Waals surface area contributed by atoms with E-state index in [1.807, 2.05) is 41.9 Å². The van der Waals surface area contributed by atoms with Crippen LogP contribution in [0.2, 0.25) is 0 Å². The van der Waals surface area contributed by atoms with Crippen LogP contribution >= 0.6 is 11.3 Å². The summed E-state index contributed by atoms with van der Waals surface area (Å²) in [6.07, 6.45) is 6.11. The number of hydrogen-bond acceptors (Lipinski definition) is 6. The Bertz CT molecular complexity index is 1250. The maximum atomic E-state index is 12.8. The first-order valence-corrected chi connectivity index (χ1v) is 11.4. The van der Waals surface area contributed by atoms with E-state index in [0.717, 1.165) is 59.0 Å². The third-order valence-corrected chi connectivity index (χ3v) is 6.98. The first-order chi connectivity index (χ1) is 15.0. The molecule has 7 nitrogen and oxygen atoms in total. The minimum atomic E-state index is -0.118. The van der Waals surface area contributed by atoms with E-state index in [-0.39, 0.29) is 5.91 Å². The van der Waals surface area contributed by atoms with Gasteiger partial charge in [0.1, 0.15) is 16.3 Å². The number of piperidine rings is 1. The van der Waals surface area contributed by atoms with Crippen LogP contribution in [0.1, 0.15) is 28.2 Å². The van der Waals surface area contributed by atoms with Crippen molar-refractivity contribution in [3.63, 3.8) is 0 Å². The number of pyridine rings is 2. The molecule has 8 heteroatoms. The summed E-state index contributed by atoms with van der Waals surface area (Å²) >= 11 is 1.44. The third-order valence-electron chi connectivity index (χ3n) is 5.94. The molecule has 4 aromatic rings. The van der Waals surface area contributed by atoms with Gasteiger partial charge in [0.2, 0.25) is 0 Å². The summed E-state index contributed by atoms with van der Waals surface area (Å²) in [4.78, 5) is 28.3. The maximum absolute atomic E-state index is 12.8. The third kappa shape index (κ3) is 4.00. The highest BCUT2D eigenvalue weighted by Gasteiger charge is 2.22. The Morgan fingerprint density at radius 3 is 2.71 bits per heavy atom. The fourth-order valence-corrected chi connectivity index (χ4v) is 5.11. The van der Waals surface area contributed by atoms with Gasteiger partial charge in [-0.3, -0.25) is 4.79 Å². The number of imidazole rings is 1. The fraction of sp³-hybridized carbons (Fsp3) is 0.348. The second-order valence-corrected chi connectivity index (χ2v) is 9.41. The standard InChI is InChI=1S/C23H26N6OS/c1-15-13-29-14-17(5-7-20(29)24-15)25-22(30)19-12-16-4-6-21(26-23(16)31-19)28-10-8-18(9-11-28)27(2)3/h4-7,12-14,18H,8-11H2,1-3H3,(H,25,30). The predicted octanol–water partition coefficient (Wildman–Crippen LogP) is 4.04. The molecular weight excluding hydrogens is 408 g/mol. The first-order valence-electron chi connectivity index (χ1n) is 10.5. The topological polar surface area (TPSA) is 65.8 Å². The molecule has 5 rings (SSSR count). The smallest absolute Gasteiger partial charge is 0.265 e. The molecule has 0 aromatic carbocycles. The number of nitrogens with one attached hydrogen (secondary N) is 1. The molecule has 5 heterocycles. The molecule has 0 radical (unpaired) electrons. The molecule has 0 unspecified atom stereocenters. The summed E-state index contributed by atoms with van der Waals surface area (Å²) in [5.74, 6) is 0.881. The van der Waals surface area contributed by atoms with Gasteiger partial charge < -0.3 is 19.5 Å². The van der Waals surface area contributed by atoms with Crippen molar-refractivity contribution >= 4 is 44.6 Å². The van der Waals surface area contributed by atoms with Crippen LogP contribution in [0, 0.1) is 6.92 Å². The number of hydrogen-bond donors (Lipinski definition) is 1. The summed E-state index contributed by atoms with van der Waals surface area (Å²) < 4.78 is 1.92. The van der Waals surface area contributed by atoms with Gasteiger partial charge in [-0.05, 0) is 64.2 Å². The lowest BCUT2D eigenvalue weighted by atomic mass is 10.0. The van der Waals surface area contributed by atoms with E-state index in [2.05, 4.69) is 46.3 Å². The van der Waals surface area contributed by atoms with E-state index in [0.29, 0.717) is 10.9 Å². The Morgan fingerprint density at radius 2 is 1.94 bits per heavy atom. The van der Waals surface area contributed by atoms with Gasteiger partial charge in [0.05, 0.1) is 16.3 Å². The Kier molecular flexibility index (Phi) is 5.11. The molecule has 0 atom stereocenters. The number of amides is 1. The van der Waals surface area contributed by atoms with E-state index in [4.69, 9.17) is 4.98 Å². The van der Waals surface area contributed by atoms with E-state index >= 15 is 0 Å². The molecule has 4 aromatic heterocycles. The molecule has 0 saturated carbocycles. The Morgan fingerprint density at radius 1 is 1.13 bits per heavy atom. The SMILES string of the molecule is Cc1cn2cc(NC(=O)c3cc4ccc(N5CCC(N(C)C)CC5)nc4s3)ccc2n1. The number of carbonyl (C=O) groups is 1. The minimum Gasteiger partial charge on any atom is -0.356 e. The van der Waals surface area contributed by atoms with Crippen LogP contribution < -0.4 is 10.2 Å². The molecule has 1 aliphatic rings. The van der Waals surface area contributed by atoms with Crippen molar-refractivity contribution < 1.29 is 4.79 Å². The predicted molar refractivity (Wildman–Crippen MR) is 126 cm³/mol. The highest BCUT2D eigenvalue weighted by atomic mass is 32.1. The van der Waals surface area contributed by atoms with E-state index in [1.54, 1.807) is 0 Å². The van der Waals surface area contributed by atoms with Crippen LogP contribution in [0.25, 0.3) is 15.9 Å². The second kappa shape index (κ2) is 7.94. The molecule has 1 saturated heterocycles. The normalized spacial score (nSPS) is 15.3. The van der Waals surface area contributed by atoms with Crippen molar-refractivity contribution in [1.82, 2.24) is 19.3 Å². The lowest BCUT2D eigenvalue weighted by molar-refractivity contribution is 0.103. The molecule has 1 N–H and O–H groups in total. The van der Waals surface area contributed by atoms with Crippen LogP contribution in [-0.4, -0.2) is 58.4 Å². The van der Waals surface area contributed by atoms with Gasteiger partial charge in [0, 0.05) is 36.9 Å². The highest BCUT2D eigenvalue weighted by molar-refractivity contribution is 7.20. The van der Waals surface area contributed by atoms with Crippen LogP contribution in [0.5, 0.6) is 0 Å². The Balaban J connectivity index is 1.32. The van der Waals surface area contributed by atoms with E-state index < -0.39 is 0 Å². The monoisotopic (exact) mass is 434 g/mol. The zero-order valence-corrected chi connectivity index (χ0v) is 18.8. The van der Waals surface area contributed by atoms with E-state index in [1.165, 1.54) is 11.3 Å². The summed E-state index contributed by atoms with van der Waals surface area (Å²) in [6, 6.07) is 10.5. The lowest BCUT2D eigenvalue weighted by Gasteiger charge is -2.35. The quantitative estimate of drug-likeness (QED) is 0.525. The highest BCUT2D eigenvalue weighted by Crippen LogP contribution is 2.29. The molecule has 0 aliphatic carbocycles. The van der Waals surface area contributed by atoms with Crippen LogP contribution in [0.3, 0.4) is 0 Å².